The minimum atomic E-state index is -1.99. The zero-order chi connectivity index (χ0) is 16.5. The molecule has 22 heavy (non-hydrogen) atoms. The molecule has 0 heterocycles. The van der Waals surface area contributed by atoms with Gasteiger partial charge >= 0.3 is 11.9 Å². The minimum absolute atomic E-state index is 0.142. The van der Waals surface area contributed by atoms with E-state index in [9.17, 15) is 19.8 Å². The number of aryl methyl sites for hydroxylation is 1. The van der Waals surface area contributed by atoms with Gasteiger partial charge in [0.2, 0.25) is 0 Å². The lowest BCUT2D eigenvalue weighted by molar-refractivity contribution is -0.168. The van der Waals surface area contributed by atoms with E-state index in [1.807, 2.05) is 6.92 Å². The van der Waals surface area contributed by atoms with Gasteiger partial charge in [-0.1, -0.05) is 38.0 Å². The van der Waals surface area contributed by atoms with Crippen molar-refractivity contribution in [2.24, 2.45) is 0 Å². The number of benzene rings is 1. The molecule has 1 rings (SSSR count). The summed E-state index contributed by atoms with van der Waals surface area (Å²) in [4.78, 5) is 23.3. The van der Waals surface area contributed by atoms with Gasteiger partial charge in [-0.15, -0.1) is 0 Å². The zero-order valence-corrected chi connectivity index (χ0v) is 12.8. The summed E-state index contributed by atoms with van der Waals surface area (Å²) < 4.78 is 9.76. The van der Waals surface area contributed by atoms with Crippen molar-refractivity contribution in [3.05, 3.63) is 29.8 Å². The van der Waals surface area contributed by atoms with E-state index in [0.29, 0.717) is 12.0 Å². The van der Waals surface area contributed by atoms with Crippen molar-refractivity contribution in [2.75, 3.05) is 6.61 Å². The van der Waals surface area contributed by atoms with Gasteiger partial charge in [-0.05, 0) is 25.0 Å². The van der Waals surface area contributed by atoms with Crippen LogP contribution in [0.3, 0.4) is 0 Å². The van der Waals surface area contributed by atoms with E-state index in [1.165, 1.54) is 0 Å². The standard InChI is InChI=1S/C16H22O6/c1-3-4-7-10-21-15(19)13(17)14(18)16(20)22-12-9-6-5-8-11(12)2/h5-6,8-9,13-14,17-18H,3-4,7,10H2,1-2H3. The summed E-state index contributed by atoms with van der Waals surface area (Å²) in [6.07, 6.45) is -1.43. The molecule has 2 atom stereocenters. The van der Waals surface area contributed by atoms with Gasteiger partial charge in [0.05, 0.1) is 6.61 Å². The number of esters is 2. The topological polar surface area (TPSA) is 93.1 Å². The van der Waals surface area contributed by atoms with Crippen molar-refractivity contribution < 1.29 is 29.3 Å². The van der Waals surface area contributed by atoms with Crippen molar-refractivity contribution >= 4 is 11.9 Å². The van der Waals surface area contributed by atoms with Crippen LogP contribution in [0.25, 0.3) is 0 Å². The second-order valence-corrected chi connectivity index (χ2v) is 4.95. The predicted molar refractivity (Wildman–Crippen MR) is 79.3 cm³/mol. The third-order valence-electron chi connectivity index (χ3n) is 3.08. The number of aliphatic hydroxyl groups excluding tert-OH is 2. The van der Waals surface area contributed by atoms with Gasteiger partial charge in [0, 0.05) is 0 Å². The monoisotopic (exact) mass is 310 g/mol. The highest BCUT2D eigenvalue weighted by molar-refractivity contribution is 5.86. The SMILES string of the molecule is CCCCCOC(=O)C(O)C(O)C(=O)Oc1ccccc1C. The van der Waals surface area contributed by atoms with E-state index in [1.54, 1.807) is 31.2 Å². The molecule has 0 aliphatic carbocycles. The number of aliphatic hydroxyl groups is 2. The van der Waals surface area contributed by atoms with Crippen molar-refractivity contribution in [1.82, 2.24) is 0 Å². The third-order valence-corrected chi connectivity index (χ3v) is 3.08. The van der Waals surface area contributed by atoms with Crippen LogP contribution < -0.4 is 4.74 Å². The second kappa shape index (κ2) is 9.17. The summed E-state index contributed by atoms with van der Waals surface area (Å²) in [5.74, 6) is -1.88. The fourth-order valence-corrected chi connectivity index (χ4v) is 1.71. The highest BCUT2D eigenvalue weighted by Gasteiger charge is 2.33. The van der Waals surface area contributed by atoms with E-state index < -0.39 is 24.1 Å². The lowest BCUT2D eigenvalue weighted by atomic mass is 10.2. The van der Waals surface area contributed by atoms with Crippen molar-refractivity contribution in [2.45, 2.75) is 45.3 Å². The van der Waals surface area contributed by atoms with Crippen LogP contribution in [0.4, 0.5) is 0 Å². The Hall–Kier alpha value is -1.92. The molecular weight excluding hydrogens is 288 g/mol. The first-order valence-corrected chi connectivity index (χ1v) is 7.27. The smallest absolute Gasteiger partial charge is 0.343 e. The molecule has 0 bridgehead atoms. The zero-order valence-electron chi connectivity index (χ0n) is 12.8. The van der Waals surface area contributed by atoms with Crippen LogP contribution in [0.1, 0.15) is 31.7 Å². The first kappa shape index (κ1) is 18.1. The molecule has 0 radical (unpaired) electrons. The van der Waals surface area contributed by atoms with Crippen LogP contribution in [0.15, 0.2) is 24.3 Å². The van der Waals surface area contributed by atoms with Gasteiger partial charge < -0.3 is 19.7 Å². The van der Waals surface area contributed by atoms with Crippen LogP contribution in [0.5, 0.6) is 5.75 Å². The lowest BCUT2D eigenvalue weighted by Gasteiger charge is -2.16. The Bertz CT molecular complexity index is 499. The predicted octanol–water partition coefficient (Wildman–Crippen LogP) is 1.36. The molecule has 2 N–H and O–H groups in total. The molecule has 1 aromatic carbocycles. The number of unbranched alkanes of at least 4 members (excludes halogenated alkanes) is 2. The molecule has 0 spiro atoms. The molecule has 122 valence electrons. The van der Waals surface area contributed by atoms with Crippen molar-refractivity contribution in [3.8, 4) is 5.75 Å². The van der Waals surface area contributed by atoms with Crippen molar-refractivity contribution in [3.63, 3.8) is 0 Å². The van der Waals surface area contributed by atoms with Crippen LogP contribution in [0.2, 0.25) is 0 Å². The first-order valence-electron chi connectivity index (χ1n) is 7.27. The Kier molecular flexibility index (Phi) is 7.56. The van der Waals surface area contributed by atoms with Crippen LogP contribution in [-0.2, 0) is 14.3 Å². The normalized spacial score (nSPS) is 13.3. The molecule has 0 aliphatic rings. The Labute approximate surface area is 129 Å². The van der Waals surface area contributed by atoms with Gasteiger partial charge in [-0.2, -0.15) is 0 Å². The Morgan fingerprint density at radius 1 is 1.09 bits per heavy atom. The highest BCUT2D eigenvalue weighted by atomic mass is 16.6. The molecule has 1 aromatic rings. The van der Waals surface area contributed by atoms with Crippen LogP contribution in [-0.4, -0.2) is 41.0 Å². The van der Waals surface area contributed by atoms with Gasteiger partial charge in [0.1, 0.15) is 5.75 Å². The maximum absolute atomic E-state index is 11.7. The molecule has 0 saturated heterocycles. The quantitative estimate of drug-likeness (QED) is 0.428. The molecule has 0 saturated carbocycles. The summed E-state index contributed by atoms with van der Waals surface area (Å²) in [6.45, 7) is 3.87. The molecule has 0 aromatic heterocycles. The minimum Gasteiger partial charge on any atom is -0.464 e. The van der Waals surface area contributed by atoms with Gasteiger partial charge in [0.25, 0.3) is 0 Å². The average Bonchev–Trinajstić information content (AvgIpc) is 2.52. The summed E-state index contributed by atoms with van der Waals surface area (Å²) in [5.41, 5.74) is 0.694. The van der Waals surface area contributed by atoms with E-state index in [-0.39, 0.29) is 12.4 Å². The Balaban J connectivity index is 2.51. The average molecular weight is 310 g/mol. The first-order chi connectivity index (χ1) is 10.5. The Morgan fingerprint density at radius 2 is 1.73 bits per heavy atom. The van der Waals surface area contributed by atoms with Crippen LogP contribution in [0, 0.1) is 6.92 Å². The fraction of sp³-hybridized carbons (Fsp3) is 0.500. The molecular formula is C16H22O6. The molecule has 6 nitrogen and oxygen atoms in total. The molecule has 0 amide bonds. The number of hydrogen-bond donors (Lipinski definition) is 2. The summed E-state index contributed by atoms with van der Waals surface area (Å²) in [7, 11) is 0. The Morgan fingerprint density at radius 3 is 2.36 bits per heavy atom. The highest BCUT2D eigenvalue weighted by Crippen LogP contribution is 2.17. The van der Waals surface area contributed by atoms with E-state index in [0.717, 1.165) is 12.8 Å². The number of carbonyl (C=O) groups is 2. The number of carbonyl (C=O) groups excluding carboxylic acids is 2. The van der Waals surface area contributed by atoms with Crippen LogP contribution >= 0.6 is 0 Å². The second-order valence-electron chi connectivity index (χ2n) is 4.95. The number of ether oxygens (including phenoxy) is 2. The van der Waals surface area contributed by atoms with Gasteiger partial charge in [-0.3, -0.25) is 0 Å². The number of rotatable bonds is 8. The van der Waals surface area contributed by atoms with E-state index in [2.05, 4.69) is 0 Å². The molecule has 0 aliphatic heterocycles. The summed E-state index contributed by atoms with van der Waals surface area (Å²) in [6, 6.07) is 6.72. The van der Waals surface area contributed by atoms with E-state index >= 15 is 0 Å². The largest absolute Gasteiger partial charge is 0.464 e. The van der Waals surface area contributed by atoms with Gasteiger partial charge in [-0.25, -0.2) is 9.59 Å². The lowest BCUT2D eigenvalue weighted by Crippen LogP contribution is -2.42. The number of para-hydroxylation sites is 1. The maximum Gasteiger partial charge on any atom is 0.343 e. The molecule has 2 unspecified atom stereocenters. The summed E-state index contributed by atoms with van der Waals surface area (Å²) in [5, 5.41) is 19.3. The molecule has 0 fully saturated rings. The fourth-order valence-electron chi connectivity index (χ4n) is 1.71. The van der Waals surface area contributed by atoms with Gasteiger partial charge in [0.15, 0.2) is 12.2 Å². The number of hydrogen-bond acceptors (Lipinski definition) is 6. The molecule has 6 heteroatoms. The third kappa shape index (κ3) is 5.46. The summed E-state index contributed by atoms with van der Waals surface area (Å²) >= 11 is 0. The maximum atomic E-state index is 11.7. The van der Waals surface area contributed by atoms with E-state index in [4.69, 9.17) is 9.47 Å². The van der Waals surface area contributed by atoms with Crippen molar-refractivity contribution in [1.29, 1.82) is 0 Å².